The molecule has 0 N–H and O–H groups in total. The summed E-state index contributed by atoms with van der Waals surface area (Å²) >= 11 is 5.76. The van der Waals surface area contributed by atoms with E-state index in [0.717, 1.165) is 24.3 Å². The molecule has 2 rings (SSSR count). The standard InChI is InChI=1S/C14H17ClN2/c1-11-9-12(10-17(2)8-7-15)13-5-3-4-6-14(13)16-11/h3-6,9H,7-8,10H2,1-2H3. The van der Waals surface area contributed by atoms with Gasteiger partial charge in [-0.15, -0.1) is 11.6 Å². The van der Waals surface area contributed by atoms with Crippen molar-refractivity contribution in [1.29, 1.82) is 0 Å². The lowest BCUT2D eigenvalue weighted by atomic mass is 10.1. The summed E-state index contributed by atoms with van der Waals surface area (Å²) in [5, 5.41) is 1.24. The number of hydrogen-bond acceptors (Lipinski definition) is 2. The first-order valence-corrected chi connectivity index (χ1v) is 6.34. The van der Waals surface area contributed by atoms with Gasteiger partial charge in [0, 0.05) is 30.0 Å². The Balaban J connectivity index is 2.38. The van der Waals surface area contributed by atoms with Crippen LogP contribution in [0.1, 0.15) is 11.3 Å². The summed E-state index contributed by atoms with van der Waals surface area (Å²) in [7, 11) is 2.09. The SMILES string of the molecule is Cc1cc(CN(C)CCCl)c2ccccc2n1. The molecule has 2 nitrogen and oxygen atoms in total. The molecular formula is C14H17ClN2. The van der Waals surface area contributed by atoms with Gasteiger partial charge in [-0.1, -0.05) is 18.2 Å². The maximum atomic E-state index is 5.76. The first kappa shape index (κ1) is 12.3. The molecule has 0 spiro atoms. The van der Waals surface area contributed by atoms with Gasteiger partial charge in [0.25, 0.3) is 0 Å². The molecular weight excluding hydrogens is 232 g/mol. The highest BCUT2D eigenvalue weighted by atomic mass is 35.5. The van der Waals surface area contributed by atoms with Crippen molar-refractivity contribution in [2.75, 3.05) is 19.5 Å². The molecule has 0 amide bonds. The molecule has 0 saturated carbocycles. The third kappa shape index (κ3) is 2.96. The predicted molar refractivity (Wildman–Crippen MR) is 73.5 cm³/mol. The number of benzene rings is 1. The van der Waals surface area contributed by atoms with Crippen molar-refractivity contribution >= 4 is 22.5 Å². The molecule has 0 fully saturated rings. The Morgan fingerprint density at radius 2 is 2.06 bits per heavy atom. The van der Waals surface area contributed by atoms with Crippen LogP contribution in [0.3, 0.4) is 0 Å². The minimum Gasteiger partial charge on any atom is -0.301 e. The van der Waals surface area contributed by atoms with Crippen molar-refractivity contribution < 1.29 is 0 Å². The summed E-state index contributed by atoms with van der Waals surface area (Å²) in [4.78, 5) is 6.78. The monoisotopic (exact) mass is 248 g/mol. The first-order valence-electron chi connectivity index (χ1n) is 5.80. The lowest BCUT2D eigenvalue weighted by molar-refractivity contribution is 0.349. The van der Waals surface area contributed by atoms with E-state index in [0.29, 0.717) is 5.88 Å². The lowest BCUT2D eigenvalue weighted by Crippen LogP contribution is -2.20. The van der Waals surface area contributed by atoms with Crippen LogP contribution in [-0.2, 0) is 6.54 Å². The smallest absolute Gasteiger partial charge is 0.0708 e. The second-order valence-electron chi connectivity index (χ2n) is 4.37. The van der Waals surface area contributed by atoms with Crippen molar-refractivity contribution in [1.82, 2.24) is 9.88 Å². The molecule has 0 aliphatic heterocycles. The van der Waals surface area contributed by atoms with Crippen LogP contribution < -0.4 is 0 Å². The van der Waals surface area contributed by atoms with Crippen molar-refractivity contribution in [3.8, 4) is 0 Å². The normalized spacial score (nSPS) is 11.3. The van der Waals surface area contributed by atoms with Gasteiger partial charge < -0.3 is 4.90 Å². The molecule has 90 valence electrons. The largest absolute Gasteiger partial charge is 0.301 e. The molecule has 0 atom stereocenters. The van der Waals surface area contributed by atoms with Crippen LogP contribution >= 0.6 is 11.6 Å². The summed E-state index contributed by atoms with van der Waals surface area (Å²) in [5.74, 6) is 0.665. The Kier molecular flexibility index (Phi) is 3.97. The van der Waals surface area contributed by atoms with E-state index in [-0.39, 0.29) is 0 Å². The van der Waals surface area contributed by atoms with Gasteiger partial charge in [-0.05, 0) is 31.7 Å². The van der Waals surface area contributed by atoms with E-state index in [2.05, 4.69) is 41.2 Å². The third-order valence-corrected chi connectivity index (χ3v) is 3.01. The second-order valence-corrected chi connectivity index (χ2v) is 4.74. The second kappa shape index (κ2) is 5.48. The molecule has 2 aromatic rings. The molecule has 17 heavy (non-hydrogen) atoms. The van der Waals surface area contributed by atoms with E-state index in [1.54, 1.807) is 0 Å². The van der Waals surface area contributed by atoms with Crippen LogP contribution in [0.5, 0.6) is 0 Å². The first-order chi connectivity index (χ1) is 8.20. The Labute approximate surface area is 107 Å². The molecule has 0 unspecified atom stereocenters. The summed E-state index contributed by atoms with van der Waals surface area (Å²) in [5.41, 5.74) is 3.46. The van der Waals surface area contributed by atoms with Crippen LogP contribution in [-0.4, -0.2) is 29.4 Å². The van der Waals surface area contributed by atoms with Crippen LogP contribution in [0.4, 0.5) is 0 Å². The number of hydrogen-bond donors (Lipinski definition) is 0. The van der Waals surface area contributed by atoms with Gasteiger partial charge in [0.2, 0.25) is 0 Å². The predicted octanol–water partition coefficient (Wildman–Crippen LogP) is 3.21. The molecule has 0 saturated heterocycles. The highest BCUT2D eigenvalue weighted by Crippen LogP contribution is 2.19. The Hall–Kier alpha value is -1.12. The van der Waals surface area contributed by atoms with Crippen LogP contribution in [0.15, 0.2) is 30.3 Å². The zero-order valence-corrected chi connectivity index (χ0v) is 11.0. The molecule has 0 aliphatic rings. The van der Waals surface area contributed by atoms with Crippen molar-refractivity contribution in [2.24, 2.45) is 0 Å². The van der Waals surface area contributed by atoms with Gasteiger partial charge >= 0.3 is 0 Å². The number of aryl methyl sites for hydroxylation is 1. The average Bonchev–Trinajstić information content (AvgIpc) is 2.29. The number of fused-ring (bicyclic) bond motifs is 1. The van der Waals surface area contributed by atoms with E-state index in [1.807, 2.05) is 13.0 Å². The lowest BCUT2D eigenvalue weighted by Gasteiger charge is -2.16. The minimum absolute atomic E-state index is 0.665. The number of pyridine rings is 1. The number of alkyl halides is 1. The highest BCUT2D eigenvalue weighted by Gasteiger charge is 2.06. The maximum Gasteiger partial charge on any atom is 0.0708 e. The molecule has 0 radical (unpaired) electrons. The minimum atomic E-state index is 0.665. The Morgan fingerprint density at radius 3 is 2.82 bits per heavy atom. The fourth-order valence-corrected chi connectivity index (χ4v) is 2.33. The number of aromatic nitrogens is 1. The number of rotatable bonds is 4. The van der Waals surface area contributed by atoms with Crippen molar-refractivity contribution in [3.05, 3.63) is 41.6 Å². The summed E-state index contributed by atoms with van der Waals surface area (Å²) in [6, 6.07) is 10.4. The molecule has 1 aromatic heterocycles. The summed E-state index contributed by atoms with van der Waals surface area (Å²) in [6.45, 7) is 3.85. The van der Waals surface area contributed by atoms with Gasteiger partial charge in [0.15, 0.2) is 0 Å². The molecule has 1 aromatic carbocycles. The fraction of sp³-hybridized carbons (Fsp3) is 0.357. The van der Waals surface area contributed by atoms with E-state index >= 15 is 0 Å². The van der Waals surface area contributed by atoms with Gasteiger partial charge in [0.05, 0.1) is 5.52 Å². The Bertz CT molecular complexity index is 511. The van der Waals surface area contributed by atoms with E-state index < -0.39 is 0 Å². The Morgan fingerprint density at radius 1 is 1.29 bits per heavy atom. The van der Waals surface area contributed by atoms with Crippen LogP contribution in [0.2, 0.25) is 0 Å². The summed E-state index contributed by atoms with van der Waals surface area (Å²) in [6.07, 6.45) is 0. The molecule has 1 heterocycles. The maximum absolute atomic E-state index is 5.76. The number of halogens is 1. The zero-order valence-electron chi connectivity index (χ0n) is 10.3. The van der Waals surface area contributed by atoms with Crippen molar-refractivity contribution in [3.63, 3.8) is 0 Å². The van der Waals surface area contributed by atoms with Gasteiger partial charge in [-0.2, -0.15) is 0 Å². The van der Waals surface area contributed by atoms with E-state index in [9.17, 15) is 0 Å². The highest BCUT2D eigenvalue weighted by molar-refractivity contribution is 6.18. The van der Waals surface area contributed by atoms with Gasteiger partial charge in [-0.25, -0.2) is 0 Å². The van der Waals surface area contributed by atoms with E-state index in [1.165, 1.54) is 10.9 Å². The molecule has 0 aliphatic carbocycles. The van der Waals surface area contributed by atoms with E-state index in [4.69, 9.17) is 11.6 Å². The fourth-order valence-electron chi connectivity index (χ4n) is 2.04. The average molecular weight is 249 g/mol. The van der Waals surface area contributed by atoms with Crippen LogP contribution in [0.25, 0.3) is 10.9 Å². The van der Waals surface area contributed by atoms with Gasteiger partial charge in [-0.3, -0.25) is 4.98 Å². The quantitative estimate of drug-likeness (QED) is 0.773. The molecule has 3 heteroatoms. The zero-order chi connectivity index (χ0) is 12.3. The molecule has 0 bridgehead atoms. The third-order valence-electron chi connectivity index (χ3n) is 2.84. The number of nitrogens with zero attached hydrogens (tertiary/aromatic N) is 2. The topological polar surface area (TPSA) is 16.1 Å². The van der Waals surface area contributed by atoms with Crippen molar-refractivity contribution in [2.45, 2.75) is 13.5 Å². The summed E-state index contributed by atoms with van der Waals surface area (Å²) < 4.78 is 0. The number of para-hydroxylation sites is 1. The van der Waals surface area contributed by atoms with Crippen LogP contribution in [0, 0.1) is 6.92 Å². The van der Waals surface area contributed by atoms with Gasteiger partial charge in [0.1, 0.15) is 0 Å².